The van der Waals surface area contributed by atoms with Gasteiger partial charge in [-0.15, -0.1) is 5.53 Å². The second kappa shape index (κ2) is 28.3. The minimum atomic E-state index is -1.86. The predicted octanol–water partition coefficient (Wildman–Crippen LogP) is 4.86. The van der Waals surface area contributed by atoms with Gasteiger partial charge in [-0.2, -0.15) is 0 Å². The van der Waals surface area contributed by atoms with Gasteiger partial charge >= 0.3 is 5.97 Å². The Labute approximate surface area is 479 Å². The second-order valence-corrected chi connectivity index (χ2v) is 24.3. The summed E-state index contributed by atoms with van der Waals surface area (Å²) in [5, 5.41) is 64.6. The SMILES string of the molecule is CC[C@H]1OC(=O)[C@H](C)[C@@H](O[C@H]2C[C@@](C)(OC)[C@@H](O)[C@H](C)O2)[C@H](C)[C@@H](O[C@@H]2O[C@H](C)C[C@H](N(C)CCC3=CN([C@H](CF)[C@H](OC)c4ccc(-c5cccc(CNC(C)=O)c5)cc4)NN3)[C@H]2O)[C@](C)(O)C[C@@H](C)CN(C)[C@H](C)[C@@H](O)[C@]1(C)O. The molecule has 458 valence electrons. The lowest BCUT2D eigenvalue weighted by molar-refractivity contribution is -0.318. The molecule has 0 bridgehead atoms. The molecule has 8 N–H and O–H groups in total. The van der Waals surface area contributed by atoms with Crippen molar-refractivity contribution in [2.24, 2.45) is 17.8 Å². The summed E-state index contributed by atoms with van der Waals surface area (Å²) in [7, 11) is 6.79. The van der Waals surface area contributed by atoms with Crippen LogP contribution < -0.4 is 16.3 Å². The summed E-state index contributed by atoms with van der Waals surface area (Å²) in [5.74, 6) is -2.99. The molecule has 0 aliphatic carbocycles. The number of aliphatic hydroxyl groups excluding tert-OH is 3. The summed E-state index contributed by atoms with van der Waals surface area (Å²) in [5.41, 5.74) is 6.18. The highest BCUT2D eigenvalue weighted by atomic mass is 19.1. The van der Waals surface area contributed by atoms with Crippen molar-refractivity contribution in [2.45, 2.75) is 217 Å². The first kappa shape index (κ1) is 66.2. The summed E-state index contributed by atoms with van der Waals surface area (Å²) in [6.45, 7) is 19.5. The number of halogens is 1. The molecule has 20 nitrogen and oxygen atoms in total. The van der Waals surface area contributed by atoms with Gasteiger partial charge in [0.1, 0.15) is 48.8 Å². The molecule has 21 heteroatoms. The molecule has 4 heterocycles. The number of likely N-dealkylation sites (N-methyl/N-ethyl adjacent to an activating group) is 2. The van der Waals surface area contributed by atoms with Crippen molar-refractivity contribution in [3.63, 3.8) is 0 Å². The van der Waals surface area contributed by atoms with E-state index in [1.165, 1.54) is 21.0 Å². The number of aliphatic hydroxyl groups is 5. The first-order valence-electron chi connectivity index (χ1n) is 28.9. The van der Waals surface area contributed by atoms with Crippen molar-refractivity contribution >= 4 is 11.9 Å². The molecule has 1 amide bonds. The number of benzene rings is 2. The molecule has 2 aromatic rings. The third-order valence-electron chi connectivity index (χ3n) is 17.6. The third-order valence-corrected chi connectivity index (χ3v) is 17.6. The topological polar surface area (TPSA) is 246 Å². The van der Waals surface area contributed by atoms with Crippen LogP contribution >= 0.6 is 0 Å². The molecule has 81 heavy (non-hydrogen) atoms. The lowest BCUT2D eigenvalue weighted by Crippen LogP contribution is -2.61. The van der Waals surface area contributed by atoms with Crippen molar-refractivity contribution in [2.75, 3.05) is 48.1 Å². The summed E-state index contributed by atoms with van der Waals surface area (Å²) in [4.78, 5) is 30.0. The van der Waals surface area contributed by atoms with Crippen LogP contribution in [0, 0.1) is 17.8 Å². The van der Waals surface area contributed by atoms with Gasteiger partial charge < -0.3 is 79.2 Å². The van der Waals surface area contributed by atoms with Gasteiger partial charge in [-0.1, -0.05) is 63.2 Å². The van der Waals surface area contributed by atoms with Gasteiger partial charge in [-0.3, -0.25) is 14.6 Å². The van der Waals surface area contributed by atoms with Crippen LogP contribution in [0.3, 0.4) is 0 Å². The molecule has 2 aromatic carbocycles. The number of nitrogens with one attached hydrogen (secondary N) is 3. The molecule has 0 unspecified atom stereocenters. The van der Waals surface area contributed by atoms with Crippen molar-refractivity contribution in [1.29, 1.82) is 0 Å². The molecule has 4 aliphatic rings. The number of carbonyl (C=O) groups is 2. The number of nitrogens with zero attached hydrogens (tertiary/aromatic N) is 3. The predicted molar refractivity (Wildman–Crippen MR) is 303 cm³/mol. The number of amides is 1. The summed E-state index contributed by atoms with van der Waals surface area (Å²) >= 11 is 0. The molecule has 0 radical (unpaired) electrons. The van der Waals surface area contributed by atoms with Crippen LogP contribution in [0.2, 0.25) is 0 Å². The standard InChI is InChI=1S/C60H97FN6O14/c1-16-48-60(11,74)53(70)38(6)66(13)32-34(2)28-58(9,73)55(36(4)51(37(5)56(72)79-48)80-49-29-59(10,76-15)54(71)39(7)78-49)81-57-50(69)46(26-35(3)77-57)65(12)25-24-45-33-67(64-63-45)47(30-61)52(75-14)43-22-20-42(21-23-43)44-19-17-18-41(27-44)31-62-40(8)68/h17-23,27,33-39,46-55,57,63-64,69-71,73-74H,16,24-26,28-32H2,1-15H3,(H,62,68)/t34-,35-,36+,37-,38-,39+,46+,47-,48-,49+,50-,51+,52-,53-,54+,55-,57+,58-,59-,60-/m1/s1. The van der Waals surface area contributed by atoms with E-state index in [1.807, 2.05) is 92.5 Å². The first-order chi connectivity index (χ1) is 38.1. The van der Waals surface area contributed by atoms with E-state index in [2.05, 4.69) is 16.3 Å². The van der Waals surface area contributed by atoms with Gasteiger partial charge in [0.25, 0.3) is 0 Å². The Bertz CT molecular complexity index is 2370. The van der Waals surface area contributed by atoms with Gasteiger partial charge in [-0.25, -0.2) is 4.39 Å². The lowest BCUT2D eigenvalue weighted by Gasteiger charge is -2.49. The highest BCUT2D eigenvalue weighted by molar-refractivity contribution is 5.73. The molecule has 3 fully saturated rings. The zero-order valence-electron chi connectivity index (χ0n) is 50.5. The summed E-state index contributed by atoms with van der Waals surface area (Å²) in [6.07, 6.45) is -7.82. The van der Waals surface area contributed by atoms with Crippen LogP contribution in [0.1, 0.15) is 125 Å². The smallest absolute Gasteiger partial charge is 0.311 e. The van der Waals surface area contributed by atoms with Crippen LogP contribution in [0.25, 0.3) is 11.1 Å². The number of carbonyl (C=O) groups excluding carboxylic acids is 2. The van der Waals surface area contributed by atoms with Crippen LogP contribution in [-0.2, 0) is 49.3 Å². The minimum absolute atomic E-state index is 0.0813. The molecule has 0 spiro atoms. The normalized spacial score (nSPS) is 37.6. The quantitative estimate of drug-likeness (QED) is 0.0930. The van der Waals surface area contributed by atoms with Crippen LogP contribution in [-0.4, -0.2) is 197 Å². The number of hydrazine groups is 2. The number of alkyl halides is 1. The molecular weight excluding hydrogens is 1050 g/mol. The zero-order valence-corrected chi connectivity index (χ0v) is 50.5. The van der Waals surface area contributed by atoms with E-state index in [0.29, 0.717) is 32.5 Å². The fourth-order valence-electron chi connectivity index (χ4n) is 12.6. The Balaban J connectivity index is 1.22. The minimum Gasteiger partial charge on any atom is -0.459 e. The third kappa shape index (κ3) is 15.9. The Morgan fingerprint density at radius 2 is 1.65 bits per heavy atom. The monoisotopic (exact) mass is 1140 g/mol. The van der Waals surface area contributed by atoms with E-state index in [-0.39, 0.29) is 31.1 Å². The zero-order chi connectivity index (χ0) is 59.9. The van der Waals surface area contributed by atoms with E-state index in [0.717, 1.165) is 28.0 Å². The fraction of sp³-hybridized carbons (Fsp3) is 0.733. The molecule has 4 aliphatic heterocycles. The number of hydrogen-bond acceptors (Lipinski definition) is 19. The maximum atomic E-state index is 15.1. The van der Waals surface area contributed by atoms with E-state index >= 15 is 4.39 Å². The van der Waals surface area contributed by atoms with Gasteiger partial charge in [-0.05, 0) is 116 Å². The lowest BCUT2D eigenvalue weighted by atomic mass is 9.77. The van der Waals surface area contributed by atoms with Crippen molar-refractivity contribution in [1.82, 2.24) is 31.1 Å². The van der Waals surface area contributed by atoms with E-state index < -0.39 is 127 Å². The molecule has 6 rings (SSSR count). The maximum Gasteiger partial charge on any atom is 0.311 e. The maximum absolute atomic E-state index is 15.1. The fourth-order valence-corrected chi connectivity index (χ4v) is 12.6. The molecule has 0 aromatic heterocycles. The van der Waals surface area contributed by atoms with Gasteiger partial charge in [0, 0.05) is 83.5 Å². The number of methoxy groups -OCH3 is 2. The molecule has 0 saturated carbocycles. The van der Waals surface area contributed by atoms with E-state index in [4.69, 9.17) is 33.2 Å². The number of esters is 1. The highest BCUT2D eigenvalue weighted by Gasteiger charge is 2.53. The Morgan fingerprint density at radius 3 is 2.28 bits per heavy atom. The van der Waals surface area contributed by atoms with Crippen molar-refractivity contribution < 1.29 is 72.7 Å². The first-order valence-corrected chi connectivity index (χ1v) is 28.9. The number of hydrogen-bond donors (Lipinski definition) is 8. The second-order valence-electron chi connectivity index (χ2n) is 24.3. The number of rotatable bonds is 18. The largest absolute Gasteiger partial charge is 0.459 e. The Morgan fingerprint density at radius 1 is 0.963 bits per heavy atom. The van der Waals surface area contributed by atoms with Crippen LogP contribution in [0.4, 0.5) is 4.39 Å². The van der Waals surface area contributed by atoms with Crippen LogP contribution in [0.5, 0.6) is 0 Å². The van der Waals surface area contributed by atoms with Crippen LogP contribution in [0.15, 0.2) is 60.4 Å². The summed E-state index contributed by atoms with van der Waals surface area (Å²) < 4.78 is 59.5. The highest BCUT2D eigenvalue weighted by Crippen LogP contribution is 2.41. The van der Waals surface area contributed by atoms with Crippen molar-refractivity contribution in [3.8, 4) is 11.1 Å². The average molecular weight is 1150 g/mol. The number of ether oxygens (including phenoxy) is 7. The van der Waals surface area contributed by atoms with E-state index in [9.17, 15) is 35.1 Å². The van der Waals surface area contributed by atoms with E-state index in [1.54, 1.807) is 60.6 Å². The average Bonchev–Trinajstić information content (AvgIpc) is 3.92. The summed E-state index contributed by atoms with van der Waals surface area (Å²) in [6, 6.07) is 13.9. The van der Waals surface area contributed by atoms with Gasteiger partial charge in [0.05, 0.1) is 41.5 Å². The van der Waals surface area contributed by atoms with Gasteiger partial charge in [0.15, 0.2) is 12.6 Å². The van der Waals surface area contributed by atoms with Gasteiger partial charge in [0.2, 0.25) is 5.91 Å². The Hall–Kier alpha value is -3.91. The Kier molecular flexibility index (Phi) is 23.2. The molecule has 3 saturated heterocycles. The van der Waals surface area contributed by atoms with Crippen molar-refractivity contribution in [3.05, 3.63) is 71.6 Å². The molecule has 20 atom stereocenters. The molecular formula is C60H97FN6O14. The number of cyclic esters (lactones) is 1.